The predicted octanol–water partition coefficient (Wildman–Crippen LogP) is 1.99. The van der Waals surface area contributed by atoms with Crippen molar-refractivity contribution in [3.8, 4) is 0 Å². The number of nitrogens with zero attached hydrogens (tertiary/aromatic N) is 1. The molecule has 0 radical (unpaired) electrons. The first kappa shape index (κ1) is 14.4. The van der Waals surface area contributed by atoms with Crippen molar-refractivity contribution in [2.45, 2.75) is 25.0 Å². The standard InChI is InChI=1S/C9H12F3NO3S/c1-8(14,7(15-2)16-3)5-4-13-6(17-5)9(10,11)12/h4,7,14H,1-3H3. The lowest BCUT2D eigenvalue weighted by Crippen LogP contribution is -2.38. The first-order valence-electron chi connectivity index (χ1n) is 4.55. The first-order chi connectivity index (χ1) is 7.73. The smallest absolute Gasteiger partial charge is 0.379 e. The Bertz CT molecular complexity index is 374. The average Bonchev–Trinajstić information content (AvgIpc) is 2.67. The largest absolute Gasteiger partial charge is 0.443 e. The van der Waals surface area contributed by atoms with Crippen molar-refractivity contribution < 1.29 is 27.8 Å². The maximum absolute atomic E-state index is 12.4. The van der Waals surface area contributed by atoms with Gasteiger partial charge in [0.1, 0.15) is 5.60 Å². The van der Waals surface area contributed by atoms with Gasteiger partial charge in [-0.05, 0) is 6.92 Å². The van der Waals surface area contributed by atoms with E-state index in [1.807, 2.05) is 0 Å². The minimum absolute atomic E-state index is 0.0264. The van der Waals surface area contributed by atoms with Gasteiger partial charge in [-0.2, -0.15) is 13.2 Å². The molecule has 0 fully saturated rings. The molecular weight excluding hydrogens is 259 g/mol. The molecule has 0 amide bonds. The molecule has 1 rings (SSSR count). The Morgan fingerprint density at radius 1 is 1.35 bits per heavy atom. The van der Waals surface area contributed by atoms with Gasteiger partial charge in [-0.1, -0.05) is 0 Å². The Balaban J connectivity index is 3.04. The van der Waals surface area contributed by atoms with Gasteiger partial charge in [0, 0.05) is 20.4 Å². The number of hydrogen-bond donors (Lipinski definition) is 1. The average molecular weight is 271 g/mol. The Kier molecular flexibility index (Phi) is 4.13. The number of alkyl halides is 3. The van der Waals surface area contributed by atoms with Gasteiger partial charge in [-0.3, -0.25) is 0 Å². The van der Waals surface area contributed by atoms with Crippen LogP contribution < -0.4 is 0 Å². The van der Waals surface area contributed by atoms with Crippen molar-refractivity contribution in [3.05, 3.63) is 16.1 Å². The molecule has 0 aliphatic rings. The van der Waals surface area contributed by atoms with Crippen molar-refractivity contribution in [2.75, 3.05) is 14.2 Å². The number of methoxy groups -OCH3 is 2. The van der Waals surface area contributed by atoms with Gasteiger partial charge in [0.2, 0.25) is 0 Å². The van der Waals surface area contributed by atoms with Crippen molar-refractivity contribution in [1.82, 2.24) is 4.98 Å². The van der Waals surface area contributed by atoms with Gasteiger partial charge in [0.25, 0.3) is 0 Å². The second-order valence-electron chi connectivity index (χ2n) is 3.48. The zero-order chi connectivity index (χ0) is 13.3. The van der Waals surface area contributed by atoms with Crippen LogP contribution in [0, 0.1) is 0 Å². The molecule has 0 aliphatic heterocycles. The van der Waals surface area contributed by atoms with Gasteiger partial charge in [0.05, 0.1) is 4.88 Å². The maximum atomic E-state index is 12.4. The van der Waals surface area contributed by atoms with Crippen molar-refractivity contribution >= 4 is 11.3 Å². The Labute approximate surface area is 100.0 Å². The van der Waals surface area contributed by atoms with Crippen LogP contribution in [-0.4, -0.2) is 30.6 Å². The summed E-state index contributed by atoms with van der Waals surface area (Å²) >= 11 is 0.360. The predicted molar refractivity (Wildman–Crippen MR) is 54.5 cm³/mol. The summed E-state index contributed by atoms with van der Waals surface area (Å²) < 4.78 is 46.8. The molecule has 1 atom stereocenters. The molecule has 0 aromatic carbocycles. The molecule has 0 spiro atoms. The van der Waals surface area contributed by atoms with Crippen molar-refractivity contribution in [3.63, 3.8) is 0 Å². The third-order valence-corrected chi connectivity index (χ3v) is 3.40. The molecule has 1 N–H and O–H groups in total. The van der Waals surface area contributed by atoms with E-state index in [1.165, 1.54) is 21.1 Å². The van der Waals surface area contributed by atoms with E-state index < -0.39 is 23.1 Å². The Morgan fingerprint density at radius 3 is 2.24 bits per heavy atom. The zero-order valence-electron chi connectivity index (χ0n) is 9.41. The van der Waals surface area contributed by atoms with Gasteiger partial charge in [0.15, 0.2) is 11.3 Å². The zero-order valence-corrected chi connectivity index (χ0v) is 10.2. The molecule has 0 saturated heterocycles. The molecule has 1 aromatic rings. The molecule has 98 valence electrons. The second-order valence-corrected chi connectivity index (χ2v) is 4.51. The van der Waals surface area contributed by atoms with Crippen LogP contribution in [0.25, 0.3) is 0 Å². The summed E-state index contributed by atoms with van der Waals surface area (Å²) in [7, 11) is 2.57. The maximum Gasteiger partial charge on any atom is 0.443 e. The fourth-order valence-corrected chi connectivity index (χ4v) is 2.15. The van der Waals surface area contributed by atoms with E-state index in [9.17, 15) is 18.3 Å². The summed E-state index contributed by atoms with van der Waals surface area (Å²) in [5, 5.41) is 9.06. The highest BCUT2D eigenvalue weighted by Gasteiger charge is 2.40. The summed E-state index contributed by atoms with van der Waals surface area (Å²) in [6.45, 7) is 1.30. The number of aromatic nitrogens is 1. The Hall–Kier alpha value is -0.700. The summed E-state index contributed by atoms with van der Waals surface area (Å²) in [4.78, 5) is 3.25. The van der Waals surface area contributed by atoms with E-state index in [0.717, 1.165) is 6.20 Å². The molecular formula is C9H12F3NO3S. The lowest BCUT2D eigenvalue weighted by atomic mass is 10.1. The SMILES string of the molecule is COC(OC)C(C)(O)c1cnc(C(F)(F)F)s1. The molecule has 1 unspecified atom stereocenters. The minimum atomic E-state index is -4.52. The number of aliphatic hydroxyl groups is 1. The number of rotatable bonds is 4. The van der Waals surface area contributed by atoms with Crippen LogP contribution in [0.1, 0.15) is 16.8 Å². The van der Waals surface area contributed by atoms with Crippen LogP contribution in [0.4, 0.5) is 13.2 Å². The van der Waals surface area contributed by atoms with E-state index >= 15 is 0 Å². The molecule has 0 aliphatic carbocycles. The molecule has 1 heterocycles. The lowest BCUT2D eigenvalue weighted by molar-refractivity contribution is -0.211. The van der Waals surface area contributed by atoms with E-state index in [1.54, 1.807) is 0 Å². The highest BCUT2D eigenvalue weighted by molar-refractivity contribution is 7.11. The van der Waals surface area contributed by atoms with E-state index in [4.69, 9.17) is 9.47 Å². The fourth-order valence-electron chi connectivity index (χ4n) is 1.31. The van der Waals surface area contributed by atoms with Crippen LogP contribution in [-0.2, 0) is 21.3 Å². The fraction of sp³-hybridized carbons (Fsp3) is 0.667. The van der Waals surface area contributed by atoms with Gasteiger partial charge >= 0.3 is 6.18 Å². The summed E-state index contributed by atoms with van der Waals surface area (Å²) in [5.74, 6) is 0. The number of hydrogen-bond acceptors (Lipinski definition) is 5. The number of halogens is 3. The third kappa shape index (κ3) is 2.95. The molecule has 0 saturated carbocycles. The normalized spacial score (nSPS) is 16.2. The van der Waals surface area contributed by atoms with Gasteiger partial charge in [-0.25, -0.2) is 4.98 Å². The Morgan fingerprint density at radius 2 is 1.88 bits per heavy atom. The number of thiazole rings is 1. The molecule has 1 aromatic heterocycles. The molecule has 0 bridgehead atoms. The van der Waals surface area contributed by atoms with Gasteiger partial charge in [-0.15, -0.1) is 11.3 Å². The summed E-state index contributed by atoms with van der Waals surface area (Å²) in [6.07, 6.45) is -4.61. The van der Waals surface area contributed by atoms with Gasteiger partial charge < -0.3 is 14.6 Å². The third-order valence-electron chi connectivity index (χ3n) is 2.13. The van der Waals surface area contributed by atoms with Crippen LogP contribution in [0.15, 0.2) is 6.20 Å². The van der Waals surface area contributed by atoms with Crippen LogP contribution >= 0.6 is 11.3 Å². The van der Waals surface area contributed by atoms with E-state index in [-0.39, 0.29) is 4.88 Å². The number of ether oxygens (including phenoxy) is 2. The quantitative estimate of drug-likeness (QED) is 0.851. The van der Waals surface area contributed by atoms with E-state index in [2.05, 4.69) is 4.98 Å². The summed E-state index contributed by atoms with van der Waals surface area (Å²) in [5.41, 5.74) is -1.69. The van der Waals surface area contributed by atoms with Crippen molar-refractivity contribution in [2.24, 2.45) is 0 Å². The van der Waals surface area contributed by atoms with Crippen molar-refractivity contribution in [1.29, 1.82) is 0 Å². The minimum Gasteiger partial charge on any atom is -0.379 e. The molecule has 8 heteroatoms. The highest BCUT2D eigenvalue weighted by atomic mass is 32.1. The lowest BCUT2D eigenvalue weighted by Gasteiger charge is -2.29. The highest BCUT2D eigenvalue weighted by Crippen LogP contribution is 2.37. The topological polar surface area (TPSA) is 51.6 Å². The second kappa shape index (κ2) is 4.89. The molecule has 17 heavy (non-hydrogen) atoms. The van der Waals surface area contributed by atoms with Crippen LogP contribution in [0.3, 0.4) is 0 Å². The molecule has 4 nitrogen and oxygen atoms in total. The first-order valence-corrected chi connectivity index (χ1v) is 5.36. The summed E-state index contributed by atoms with van der Waals surface area (Å²) in [6, 6.07) is 0. The monoisotopic (exact) mass is 271 g/mol. The van der Waals surface area contributed by atoms with Crippen LogP contribution in [0.2, 0.25) is 0 Å². The van der Waals surface area contributed by atoms with E-state index in [0.29, 0.717) is 11.3 Å². The van der Waals surface area contributed by atoms with Crippen LogP contribution in [0.5, 0.6) is 0 Å².